The molecule has 1 fully saturated rings. The number of hydroxylamine groups is 3. The highest BCUT2D eigenvalue weighted by Gasteiger charge is 2.33. The molecule has 0 atom stereocenters. The molecule has 0 bridgehead atoms. The minimum Gasteiger partial charge on any atom is -0.633 e. The minimum atomic E-state index is -4.36. The highest BCUT2D eigenvalue weighted by atomic mass is 32.2. The van der Waals surface area contributed by atoms with E-state index in [1.165, 1.54) is 17.8 Å². The van der Waals surface area contributed by atoms with Gasteiger partial charge in [-0.1, -0.05) is 23.9 Å². The summed E-state index contributed by atoms with van der Waals surface area (Å²) in [6, 6.07) is 11.8. The van der Waals surface area contributed by atoms with Crippen LogP contribution in [0.5, 0.6) is 0 Å². The van der Waals surface area contributed by atoms with Crippen LogP contribution in [0.2, 0.25) is 0 Å². The first-order chi connectivity index (χ1) is 13.7. The number of anilines is 2. The molecule has 1 saturated heterocycles. The molecule has 2 aromatic carbocycles. The van der Waals surface area contributed by atoms with Gasteiger partial charge < -0.3 is 14.8 Å². The predicted octanol–water partition coefficient (Wildman–Crippen LogP) is 4.96. The smallest absolute Gasteiger partial charge is 0.416 e. The van der Waals surface area contributed by atoms with Crippen molar-refractivity contribution in [2.45, 2.75) is 22.4 Å². The summed E-state index contributed by atoms with van der Waals surface area (Å²) < 4.78 is 39.6. The number of hydrogen-bond acceptors (Lipinski definition) is 4. The quantitative estimate of drug-likeness (QED) is 0.514. The third-order valence-electron chi connectivity index (χ3n) is 5.59. The maximum atomic E-state index is 13.3. The van der Waals surface area contributed by atoms with Gasteiger partial charge in [-0.15, -0.1) is 0 Å². The Morgan fingerprint density at radius 1 is 1.00 bits per heavy atom. The van der Waals surface area contributed by atoms with Gasteiger partial charge in [0.15, 0.2) is 0 Å². The Labute approximate surface area is 173 Å². The lowest BCUT2D eigenvalue weighted by atomic mass is 10.1. The van der Waals surface area contributed by atoms with E-state index in [0.717, 1.165) is 47.6 Å². The lowest BCUT2D eigenvalue weighted by Crippen LogP contribution is -2.53. The maximum absolute atomic E-state index is 13.3. The van der Waals surface area contributed by atoms with Crippen molar-refractivity contribution in [1.82, 2.24) is 4.90 Å². The van der Waals surface area contributed by atoms with E-state index in [2.05, 4.69) is 4.90 Å². The van der Waals surface area contributed by atoms with Crippen LogP contribution in [0.25, 0.3) is 0 Å². The van der Waals surface area contributed by atoms with Gasteiger partial charge in [0.25, 0.3) is 0 Å². The average molecular weight is 424 g/mol. The summed E-state index contributed by atoms with van der Waals surface area (Å²) in [5, 5.41) is 12.0. The Bertz CT molecular complexity index is 878. The van der Waals surface area contributed by atoms with Gasteiger partial charge in [0.1, 0.15) is 0 Å². The van der Waals surface area contributed by atoms with Crippen LogP contribution in [0, 0.1) is 5.21 Å². The third-order valence-corrected chi connectivity index (χ3v) is 6.72. The lowest BCUT2D eigenvalue weighted by Gasteiger charge is -2.45. The van der Waals surface area contributed by atoms with Gasteiger partial charge in [-0.3, -0.25) is 4.90 Å². The fourth-order valence-electron chi connectivity index (χ4n) is 3.85. The maximum Gasteiger partial charge on any atom is 0.416 e. The average Bonchev–Trinajstić information content (AvgIpc) is 2.67. The molecule has 2 heterocycles. The van der Waals surface area contributed by atoms with Crippen LogP contribution in [-0.2, 0) is 6.18 Å². The molecule has 0 aliphatic carbocycles. The van der Waals surface area contributed by atoms with E-state index in [1.807, 2.05) is 29.2 Å². The fraction of sp³-hybridized carbons (Fsp3) is 0.429. The van der Waals surface area contributed by atoms with Crippen LogP contribution in [0.1, 0.15) is 12.0 Å². The Morgan fingerprint density at radius 2 is 1.69 bits per heavy atom. The first kappa shape index (κ1) is 20.5. The molecular weight excluding hydrogens is 399 g/mol. The van der Waals surface area contributed by atoms with Gasteiger partial charge in [-0.25, -0.2) is 0 Å². The van der Waals surface area contributed by atoms with E-state index in [-0.39, 0.29) is 4.65 Å². The van der Waals surface area contributed by atoms with Crippen LogP contribution >= 0.6 is 11.8 Å². The standard InChI is InChI=1S/C21H24F3N3OS/c1-27(28)13-11-25(12-14-27)9-4-10-26-17-5-2-3-6-19(17)29-20-8-7-16(15-18(20)26)21(22,23)24/h2-3,5-8,15H,4,9-14H2,1H3. The summed E-state index contributed by atoms with van der Waals surface area (Å²) in [4.78, 5) is 6.18. The van der Waals surface area contributed by atoms with Crippen LogP contribution in [-0.4, -0.2) is 55.9 Å². The first-order valence-electron chi connectivity index (χ1n) is 9.76. The molecule has 0 N–H and O–H groups in total. The molecule has 156 valence electrons. The van der Waals surface area contributed by atoms with Crippen molar-refractivity contribution in [1.29, 1.82) is 0 Å². The number of hydrogen-bond donors (Lipinski definition) is 0. The van der Waals surface area contributed by atoms with Crippen LogP contribution in [0.4, 0.5) is 24.5 Å². The van der Waals surface area contributed by atoms with Crippen LogP contribution in [0.3, 0.4) is 0 Å². The Balaban J connectivity index is 1.53. The Morgan fingerprint density at radius 3 is 2.41 bits per heavy atom. The summed E-state index contributed by atoms with van der Waals surface area (Å²) in [5.74, 6) is 0. The van der Waals surface area contributed by atoms with Gasteiger partial charge >= 0.3 is 6.18 Å². The molecule has 8 heteroatoms. The first-order valence-corrected chi connectivity index (χ1v) is 10.6. The zero-order valence-electron chi connectivity index (χ0n) is 16.3. The predicted molar refractivity (Wildman–Crippen MR) is 109 cm³/mol. The van der Waals surface area contributed by atoms with Crippen molar-refractivity contribution in [3.63, 3.8) is 0 Å². The summed E-state index contributed by atoms with van der Waals surface area (Å²) in [6.07, 6.45) is -3.55. The molecular formula is C21H24F3N3OS. The van der Waals surface area contributed by atoms with E-state index in [1.54, 1.807) is 13.1 Å². The molecule has 0 unspecified atom stereocenters. The van der Waals surface area contributed by atoms with Crippen molar-refractivity contribution >= 4 is 23.1 Å². The second kappa shape index (κ2) is 7.83. The number of halogens is 3. The molecule has 0 saturated carbocycles. The van der Waals surface area contributed by atoms with Gasteiger partial charge in [0.2, 0.25) is 0 Å². The van der Waals surface area contributed by atoms with Crippen molar-refractivity contribution in [2.24, 2.45) is 0 Å². The number of alkyl halides is 3. The highest BCUT2D eigenvalue weighted by Crippen LogP contribution is 2.49. The molecule has 4 rings (SSSR count). The van der Waals surface area contributed by atoms with E-state index >= 15 is 0 Å². The molecule has 0 amide bonds. The van der Waals surface area contributed by atoms with Gasteiger partial charge in [0, 0.05) is 36.0 Å². The molecule has 2 aliphatic rings. The van der Waals surface area contributed by atoms with E-state index < -0.39 is 11.7 Å². The van der Waals surface area contributed by atoms with E-state index in [4.69, 9.17) is 0 Å². The Kier molecular flexibility index (Phi) is 5.54. The van der Waals surface area contributed by atoms with Crippen LogP contribution < -0.4 is 4.90 Å². The minimum absolute atomic E-state index is 0.194. The fourth-order valence-corrected chi connectivity index (χ4v) is 4.93. The molecule has 4 nitrogen and oxygen atoms in total. The van der Waals surface area contributed by atoms with Gasteiger partial charge in [-0.2, -0.15) is 13.2 Å². The number of piperazine rings is 1. The second-order valence-corrected chi connectivity index (χ2v) is 8.92. The molecule has 0 radical (unpaired) electrons. The summed E-state index contributed by atoms with van der Waals surface area (Å²) in [7, 11) is 1.70. The SMILES string of the molecule is C[N+]1([O-])CCN(CCCN2c3ccccc3Sc3ccc(C(F)(F)F)cc32)CC1. The number of para-hydroxylation sites is 1. The van der Waals surface area contributed by atoms with Gasteiger partial charge in [-0.05, 0) is 36.8 Å². The van der Waals surface area contributed by atoms with Crippen molar-refractivity contribution in [3.05, 3.63) is 53.2 Å². The second-order valence-electron chi connectivity index (χ2n) is 7.84. The topological polar surface area (TPSA) is 29.5 Å². The zero-order chi connectivity index (χ0) is 20.6. The Hall–Kier alpha value is -1.74. The molecule has 2 aromatic rings. The summed E-state index contributed by atoms with van der Waals surface area (Å²) >= 11 is 1.51. The van der Waals surface area contributed by atoms with E-state index in [9.17, 15) is 18.4 Å². The van der Waals surface area contributed by atoms with Crippen molar-refractivity contribution in [2.75, 3.05) is 51.2 Å². The number of quaternary nitrogens is 1. The van der Waals surface area contributed by atoms with Crippen molar-refractivity contribution in [3.8, 4) is 0 Å². The number of benzene rings is 2. The number of likely N-dealkylation sites (N-methyl/N-ethyl adjacent to an activating group) is 1. The number of rotatable bonds is 4. The molecule has 29 heavy (non-hydrogen) atoms. The number of fused-ring (bicyclic) bond motifs is 2. The van der Waals surface area contributed by atoms with Crippen molar-refractivity contribution < 1.29 is 17.8 Å². The molecule has 2 aliphatic heterocycles. The molecule has 0 spiro atoms. The highest BCUT2D eigenvalue weighted by molar-refractivity contribution is 7.99. The number of nitrogens with zero attached hydrogens (tertiary/aromatic N) is 3. The molecule has 0 aromatic heterocycles. The largest absolute Gasteiger partial charge is 0.633 e. The summed E-state index contributed by atoms with van der Waals surface area (Å²) in [5.41, 5.74) is 0.947. The third kappa shape index (κ3) is 4.55. The summed E-state index contributed by atoms with van der Waals surface area (Å²) in [6.45, 7) is 4.16. The monoisotopic (exact) mass is 423 g/mol. The van der Waals surface area contributed by atoms with Gasteiger partial charge in [0.05, 0.1) is 37.1 Å². The van der Waals surface area contributed by atoms with E-state index in [0.29, 0.717) is 25.3 Å². The normalized spacial score (nSPS) is 19.0. The zero-order valence-corrected chi connectivity index (χ0v) is 17.1. The lowest BCUT2D eigenvalue weighted by molar-refractivity contribution is -0.865. The van der Waals surface area contributed by atoms with Crippen LogP contribution in [0.15, 0.2) is 52.3 Å².